The normalized spacial score (nSPS) is 32.2. The Hall–Kier alpha value is -1.84. The molecule has 0 unspecified atom stereocenters. The zero-order valence-electron chi connectivity index (χ0n) is 12.0. The Labute approximate surface area is 124 Å². The van der Waals surface area contributed by atoms with Gasteiger partial charge < -0.3 is 9.73 Å². The Balaban J connectivity index is 1.63. The fourth-order valence-corrected chi connectivity index (χ4v) is 3.79. The molecule has 3 aliphatic rings. The molecule has 1 N–H and O–H groups in total. The van der Waals surface area contributed by atoms with Gasteiger partial charge >= 0.3 is 0 Å². The molecule has 1 fully saturated rings. The summed E-state index contributed by atoms with van der Waals surface area (Å²) in [5.41, 5.74) is 1.87. The van der Waals surface area contributed by atoms with Crippen LogP contribution >= 0.6 is 0 Å². The van der Waals surface area contributed by atoms with Gasteiger partial charge in [-0.15, -0.1) is 0 Å². The number of rotatable bonds is 1. The largest absolute Gasteiger partial charge is 0.469 e. The smallest absolute Gasteiger partial charge is 0.166 e. The van der Waals surface area contributed by atoms with Crippen molar-refractivity contribution >= 4 is 12.0 Å². The van der Waals surface area contributed by atoms with Crippen LogP contribution in [0.3, 0.4) is 0 Å². The monoisotopic (exact) mass is 284 g/mol. The number of Topliss-reactive ketones (excluding diaryl/α,β-unsaturated/α-hetero) is 1. The van der Waals surface area contributed by atoms with Crippen LogP contribution in [0.1, 0.15) is 50.2 Å². The lowest BCUT2D eigenvalue weighted by Gasteiger charge is -2.31. The molecule has 1 aromatic heterocycles. The lowest BCUT2D eigenvalue weighted by Crippen LogP contribution is -2.41. The molecule has 110 valence electrons. The second-order valence-electron chi connectivity index (χ2n) is 6.32. The number of aliphatic imine (C=N–C) groups is 1. The summed E-state index contributed by atoms with van der Waals surface area (Å²) in [6.07, 6.45) is 9.67. The van der Waals surface area contributed by atoms with Gasteiger partial charge in [0.15, 0.2) is 5.78 Å². The highest BCUT2D eigenvalue weighted by molar-refractivity contribution is 6.15. The molecule has 4 heteroatoms. The molecule has 3 atom stereocenters. The van der Waals surface area contributed by atoms with Crippen molar-refractivity contribution in [2.24, 2.45) is 4.99 Å². The molecule has 0 aromatic carbocycles. The van der Waals surface area contributed by atoms with Crippen molar-refractivity contribution in [1.29, 1.82) is 0 Å². The highest BCUT2D eigenvalue weighted by Gasteiger charge is 2.34. The van der Waals surface area contributed by atoms with E-state index >= 15 is 0 Å². The highest BCUT2D eigenvalue weighted by Crippen LogP contribution is 2.35. The quantitative estimate of drug-likeness (QED) is 0.862. The van der Waals surface area contributed by atoms with Gasteiger partial charge in [-0.3, -0.25) is 9.79 Å². The number of fused-ring (bicyclic) bond motifs is 1. The fraction of sp³-hybridized carbons (Fsp3) is 0.529. The third kappa shape index (κ3) is 2.33. The summed E-state index contributed by atoms with van der Waals surface area (Å²) in [6, 6.07) is 4.59. The minimum Gasteiger partial charge on any atom is -0.469 e. The molecule has 0 spiro atoms. The number of carbonyl (C=O) groups is 1. The molecule has 0 radical (unpaired) electrons. The SMILES string of the molecule is O=C1C[C@H](c2ccco2)CC2=C1C=N[C@H]1CCCC[C@H]1N2. The lowest BCUT2D eigenvalue weighted by molar-refractivity contribution is -0.116. The fourth-order valence-electron chi connectivity index (χ4n) is 3.79. The molecule has 1 aromatic rings. The van der Waals surface area contributed by atoms with Crippen LogP contribution in [-0.4, -0.2) is 24.1 Å². The first-order valence-electron chi connectivity index (χ1n) is 7.91. The highest BCUT2D eigenvalue weighted by atomic mass is 16.3. The third-order valence-corrected chi connectivity index (χ3v) is 4.94. The number of allylic oxidation sites excluding steroid dienone is 2. The summed E-state index contributed by atoms with van der Waals surface area (Å²) in [5.74, 6) is 1.26. The van der Waals surface area contributed by atoms with E-state index in [1.54, 1.807) is 6.26 Å². The van der Waals surface area contributed by atoms with Crippen molar-refractivity contribution in [3.63, 3.8) is 0 Å². The number of carbonyl (C=O) groups excluding carboxylic acids is 1. The molecule has 4 nitrogen and oxygen atoms in total. The van der Waals surface area contributed by atoms with Gasteiger partial charge in [-0.25, -0.2) is 0 Å². The summed E-state index contributed by atoms with van der Waals surface area (Å²) in [6.45, 7) is 0. The molecule has 2 aliphatic carbocycles. The van der Waals surface area contributed by atoms with Crippen LogP contribution in [0.5, 0.6) is 0 Å². The first kappa shape index (κ1) is 12.9. The zero-order chi connectivity index (χ0) is 14.2. The van der Waals surface area contributed by atoms with Crippen molar-refractivity contribution in [2.45, 2.75) is 56.5 Å². The summed E-state index contributed by atoms with van der Waals surface area (Å²) < 4.78 is 5.50. The molecule has 1 saturated carbocycles. The van der Waals surface area contributed by atoms with Crippen LogP contribution < -0.4 is 5.32 Å². The second kappa shape index (κ2) is 5.17. The van der Waals surface area contributed by atoms with Crippen molar-refractivity contribution in [3.05, 3.63) is 35.4 Å². The van der Waals surface area contributed by atoms with E-state index in [9.17, 15) is 4.79 Å². The Morgan fingerprint density at radius 2 is 2.14 bits per heavy atom. The van der Waals surface area contributed by atoms with E-state index in [4.69, 9.17) is 4.42 Å². The van der Waals surface area contributed by atoms with Crippen LogP contribution in [0.4, 0.5) is 0 Å². The first-order valence-corrected chi connectivity index (χ1v) is 7.91. The molecule has 4 rings (SSSR count). The maximum absolute atomic E-state index is 12.5. The van der Waals surface area contributed by atoms with Gasteiger partial charge in [0.25, 0.3) is 0 Å². The number of ketones is 1. The summed E-state index contributed by atoms with van der Waals surface area (Å²) in [4.78, 5) is 17.1. The van der Waals surface area contributed by atoms with E-state index in [-0.39, 0.29) is 11.7 Å². The average molecular weight is 284 g/mol. The van der Waals surface area contributed by atoms with Crippen molar-refractivity contribution < 1.29 is 9.21 Å². The van der Waals surface area contributed by atoms with Crippen molar-refractivity contribution in [2.75, 3.05) is 0 Å². The van der Waals surface area contributed by atoms with Gasteiger partial charge in [0.2, 0.25) is 0 Å². The second-order valence-corrected chi connectivity index (χ2v) is 6.32. The first-order chi connectivity index (χ1) is 10.3. The van der Waals surface area contributed by atoms with Crippen molar-refractivity contribution in [3.8, 4) is 0 Å². The van der Waals surface area contributed by atoms with E-state index in [1.165, 1.54) is 12.8 Å². The molecule has 0 amide bonds. The van der Waals surface area contributed by atoms with E-state index in [0.29, 0.717) is 18.5 Å². The Kier molecular flexibility index (Phi) is 3.17. The van der Waals surface area contributed by atoms with Crippen molar-refractivity contribution in [1.82, 2.24) is 5.32 Å². The van der Waals surface area contributed by atoms with Gasteiger partial charge in [-0.05, 0) is 31.4 Å². The van der Waals surface area contributed by atoms with E-state index < -0.39 is 0 Å². The molecular formula is C17H20N2O2. The summed E-state index contributed by atoms with van der Waals surface area (Å²) >= 11 is 0. The van der Waals surface area contributed by atoms with Crippen LogP contribution in [0, 0.1) is 0 Å². The van der Waals surface area contributed by atoms with Gasteiger partial charge in [0, 0.05) is 30.3 Å². The predicted molar refractivity (Wildman–Crippen MR) is 80.4 cm³/mol. The minimum absolute atomic E-state index is 0.160. The Morgan fingerprint density at radius 3 is 3.00 bits per heavy atom. The van der Waals surface area contributed by atoms with E-state index in [2.05, 4.69) is 10.3 Å². The molecule has 2 heterocycles. The molecule has 21 heavy (non-hydrogen) atoms. The van der Waals surface area contributed by atoms with Gasteiger partial charge in [0.05, 0.1) is 17.9 Å². The average Bonchev–Trinajstić information content (AvgIpc) is 2.95. The molecule has 0 saturated heterocycles. The maximum Gasteiger partial charge on any atom is 0.166 e. The van der Waals surface area contributed by atoms with Gasteiger partial charge in [0.1, 0.15) is 5.76 Å². The van der Waals surface area contributed by atoms with Crippen LogP contribution in [-0.2, 0) is 4.79 Å². The number of hydrogen-bond acceptors (Lipinski definition) is 4. The maximum atomic E-state index is 12.5. The number of hydrogen-bond donors (Lipinski definition) is 1. The third-order valence-electron chi connectivity index (χ3n) is 4.94. The lowest BCUT2D eigenvalue weighted by atomic mass is 9.84. The number of nitrogens with zero attached hydrogens (tertiary/aromatic N) is 1. The standard InChI is InChI=1S/C17H20N2O2/c20-16-9-11(17-6-3-7-21-17)8-15-12(16)10-18-13-4-1-2-5-14(13)19-15/h3,6-7,10-11,13-14,19H,1-2,4-5,8-9H2/t11-,13+,14-/m1/s1. The summed E-state index contributed by atoms with van der Waals surface area (Å²) in [5, 5.41) is 3.63. The van der Waals surface area contributed by atoms with Crippen LogP contribution in [0.15, 0.2) is 39.1 Å². The van der Waals surface area contributed by atoms with E-state index in [0.717, 1.165) is 36.3 Å². The van der Waals surface area contributed by atoms with Crippen LogP contribution in [0.25, 0.3) is 0 Å². The molecule has 1 aliphatic heterocycles. The topological polar surface area (TPSA) is 54.6 Å². The summed E-state index contributed by atoms with van der Waals surface area (Å²) in [7, 11) is 0. The zero-order valence-corrected chi connectivity index (χ0v) is 12.0. The Bertz CT molecular complexity index is 600. The Morgan fingerprint density at radius 1 is 1.24 bits per heavy atom. The predicted octanol–water partition coefficient (Wildman–Crippen LogP) is 2.97. The van der Waals surface area contributed by atoms with Gasteiger partial charge in [-0.2, -0.15) is 0 Å². The minimum atomic E-state index is 0.160. The number of furan rings is 1. The molecular weight excluding hydrogens is 264 g/mol. The van der Waals surface area contributed by atoms with E-state index in [1.807, 2.05) is 18.3 Å². The molecule has 0 bridgehead atoms. The number of nitrogens with one attached hydrogen (secondary N) is 1. The van der Waals surface area contributed by atoms with Gasteiger partial charge in [-0.1, -0.05) is 12.8 Å². The van der Waals surface area contributed by atoms with Crippen LogP contribution in [0.2, 0.25) is 0 Å².